The molecule has 7 heteroatoms. The van der Waals surface area contributed by atoms with Crippen LogP contribution in [0.1, 0.15) is 55.6 Å². The lowest BCUT2D eigenvalue weighted by atomic mass is 9.67. The highest BCUT2D eigenvalue weighted by molar-refractivity contribution is 7.22. The van der Waals surface area contributed by atoms with Crippen molar-refractivity contribution in [1.29, 1.82) is 0 Å². The van der Waals surface area contributed by atoms with Crippen molar-refractivity contribution >= 4 is 75.1 Å². The van der Waals surface area contributed by atoms with Crippen LogP contribution >= 0.6 is 0 Å². The van der Waals surface area contributed by atoms with E-state index in [0.717, 1.165) is 123 Å². The number of fused-ring (bicyclic) bond motifs is 9. The van der Waals surface area contributed by atoms with Gasteiger partial charge in [0.25, 0.3) is 0 Å². The van der Waals surface area contributed by atoms with E-state index >= 15 is 17.6 Å². The highest BCUT2D eigenvalue weighted by Gasteiger charge is 2.51. The van der Waals surface area contributed by atoms with Crippen LogP contribution in [0.5, 0.6) is 0 Å². The first-order chi connectivity index (χ1) is 47.6. The van der Waals surface area contributed by atoms with Gasteiger partial charge in [-0.15, -0.1) is 0 Å². The van der Waals surface area contributed by atoms with Gasteiger partial charge in [-0.3, -0.25) is 0 Å². The van der Waals surface area contributed by atoms with E-state index in [9.17, 15) is 0 Å². The van der Waals surface area contributed by atoms with Crippen LogP contribution in [0.2, 0.25) is 0 Å². The first kappa shape index (κ1) is 58.9. The van der Waals surface area contributed by atoms with Crippen LogP contribution in [0.25, 0.3) is 45.5 Å². The van der Waals surface area contributed by atoms with E-state index < -0.39 is 18.9 Å². The fraction of sp³-hybridized carbons (Fsp3) is 0.0222. The predicted octanol–water partition coefficient (Wildman–Crippen LogP) is 20.6. The van der Waals surface area contributed by atoms with E-state index in [4.69, 9.17) is 0 Å². The van der Waals surface area contributed by atoms with Gasteiger partial charge < -0.3 is 9.80 Å². The molecule has 0 fully saturated rings. The lowest BCUT2D eigenvalue weighted by molar-refractivity contribution is 0.624. The van der Waals surface area contributed by atoms with Crippen LogP contribution < -0.4 is 30.5 Å². The lowest BCUT2D eigenvalue weighted by Gasteiger charge is -2.35. The second-order valence-corrected chi connectivity index (χ2v) is 29.0. The van der Waals surface area contributed by atoms with Gasteiger partial charge in [-0.2, -0.15) is 0 Å². The van der Waals surface area contributed by atoms with Crippen molar-refractivity contribution in [3.05, 3.63) is 420 Å². The third-order valence-electron chi connectivity index (χ3n) is 20.5. The van der Waals surface area contributed by atoms with Crippen molar-refractivity contribution in [2.75, 3.05) is 9.80 Å². The first-order valence-electron chi connectivity index (χ1n) is 32.6. The predicted molar refractivity (Wildman–Crippen MR) is 393 cm³/mol. The molecule has 0 aromatic heterocycles. The smallest absolute Gasteiger partial charge is 0.180 e. The van der Waals surface area contributed by atoms with Crippen molar-refractivity contribution in [2.45, 2.75) is 10.8 Å². The molecule has 0 bridgehead atoms. The zero-order chi connectivity index (χ0) is 65.6. The average Bonchev–Trinajstić information content (AvgIpc) is 1.57. The molecule has 0 saturated heterocycles. The SMILES string of the molecule is C=Cc1ccc(C2(c3ccc(F)cc3)c3ccccc3-c3ccc(N(c4ccc(F)cc4)c4ccc5c(c4)-c4cc(N(c6ccc(F)cc6)c6ccc7c(c6)C(c6ccc(F)cc6)(c6ccc(C=C)cc6)c6ccccc6-7)ccc4[Si]5(c4ccccc4)c4ccccc4)cc32)cc1. The molecule has 1 aliphatic heterocycles. The molecule has 1 heterocycles. The molecule has 97 heavy (non-hydrogen) atoms. The van der Waals surface area contributed by atoms with Gasteiger partial charge in [0.05, 0.1) is 10.8 Å². The van der Waals surface area contributed by atoms with Gasteiger partial charge in [0, 0.05) is 34.1 Å². The molecule has 0 saturated carbocycles. The molecule has 2 nitrogen and oxygen atoms in total. The summed E-state index contributed by atoms with van der Waals surface area (Å²) in [7, 11) is -3.19. The maximum atomic E-state index is 15.4. The minimum atomic E-state index is -3.19. The molecule has 0 N–H and O–H groups in total. The monoisotopic (exact) mass is 1270 g/mol. The van der Waals surface area contributed by atoms with Crippen molar-refractivity contribution in [1.82, 2.24) is 0 Å². The Morgan fingerprint density at radius 2 is 0.546 bits per heavy atom. The number of nitrogens with zero attached hydrogens (tertiary/aromatic N) is 2. The minimum absolute atomic E-state index is 0.324. The Bertz CT molecular complexity index is 5070. The largest absolute Gasteiger partial charge is 0.310 e. The molecule has 14 aromatic rings. The van der Waals surface area contributed by atoms with Gasteiger partial charge in [-0.05, 0) is 231 Å². The summed E-state index contributed by atoms with van der Waals surface area (Å²) in [5.41, 5.74) is 19.4. The highest BCUT2D eigenvalue weighted by atomic mass is 28.3. The zero-order valence-electron chi connectivity index (χ0n) is 52.7. The molecule has 2 atom stereocenters. The van der Waals surface area contributed by atoms with Crippen LogP contribution in [-0.2, 0) is 10.8 Å². The number of hydrogen-bond acceptors (Lipinski definition) is 2. The van der Waals surface area contributed by atoms with Gasteiger partial charge in [-0.1, -0.05) is 232 Å². The first-order valence-corrected chi connectivity index (χ1v) is 34.6. The number of anilines is 6. The summed E-state index contributed by atoms with van der Waals surface area (Å²) in [6.45, 7) is 8.15. The van der Waals surface area contributed by atoms with Crippen molar-refractivity contribution in [2.24, 2.45) is 0 Å². The third-order valence-corrected chi connectivity index (χ3v) is 25.4. The highest BCUT2D eigenvalue weighted by Crippen LogP contribution is 2.60. The molecule has 0 radical (unpaired) electrons. The standard InChI is InChI=1S/C90H60F4N2Si/c1-3-59-23-27-61(28-24-59)89(63-31-35-65(91)36-32-63)83-21-13-11-19-77(83)79-51-47-73(57-85(79)89)95(69-43-39-67(93)40-44-69)71-49-53-87-81(55-71)82-56-72(50-54-88(82)97(87,75-15-7-5-8-16-75)76-17-9-6-10-18-76)96(70-45-41-68(94)42-46-70)74-48-52-80-78-20-12-14-22-84(78)90(86(80)58-74,64-33-37-66(92)38-34-64)62-29-25-60(4-2)26-30-62/h3-58H,1-2H2. The molecule has 14 aromatic carbocycles. The van der Waals surface area contributed by atoms with Crippen LogP contribution in [-0.4, -0.2) is 8.07 Å². The Kier molecular flexibility index (Phi) is 14.1. The second kappa shape index (κ2) is 23.2. The maximum absolute atomic E-state index is 15.4. The Hall–Kier alpha value is -11.9. The fourth-order valence-electron chi connectivity index (χ4n) is 16.4. The van der Waals surface area contributed by atoms with Gasteiger partial charge >= 0.3 is 0 Å². The summed E-state index contributed by atoms with van der Waals surface area (Å²) < 4.78 is 61.3. The molecule has 0 amide bonds. The van der Waals surface area contributed by atoms with Crippen molar-refractivity contribution in [3.8, 4) is 33.4 Å². The van der Waals surface area contributed by atoms with Gasteiger partial charge in [-0.25, -0.2) is 17.6 Å². The van der Waals surface area contributed by atoms with Crippen molar-refractivity contribution in [3.63, 3.8) is 0 Å². The molecular weight excluding hydrogens is 1210 g/mol. The molecule has 0 spiro atoms. The second-order valence-electron chi connectivity index (χ2n) is 25.3. The van der Waals surface area contributed by atoms with Crippen LogP contribution in [0.4, 0.5) is 51.7 Å². The summed E-state index contributed by atoms with van der Waals surface area (Å²) >= 11 is 0. The molecular formula is C90H60F4N2Si. The van der Waals surface area contributed by atoms with E-state index in [1.165, 1.54) is 45.0 Å². The Labute approximate surface area is 563 Å². The number of hydrogen-bond donors (Lipinski definition) is 0. The zero-order valence-corrected chi connectivity index (χ0v) is 53.7. The average molecular weight is 1270 g/mol. The lowest BCUT2D eigenvalue weighted by Crippen LogP contribution is -2.72. The van der Waals surface area contributed by atoms with E-state index in [0.29, 0.717) is 0 Å². The number of rotatable bonds is 14. The third kappa shape index (κ3) is 9.06. The Morgan fingerprint density at radius 3 is 0.907 bits per heavy atom. The quantitative estimate of drug-likeness (QED) is 0.0791. The maximum Gasteiger partial charge on any atom is 0.180 e. The van der Waals surface area contributed by atoms with Gasteiger partial charge in [0.15, 0.2) is 8.07 Å². The summed E-state index contributed by atoms with van der Waals surface area (Å²) in [5, 5.41) is 4.86. The topological polar surface area (TPSA) is 6.48 Å². The fourth-order valence-corrected chi connectivity index (χ4v) is 21.5. The summed E-state index contributed by atoms with van der Waals surface area (Å²) in [4.78, 5) is 4.45. The van der Waals surface area contributed by atoms with Crippen LogP contribution in [0.3, 0.4) is 0 Å². The Balaban J connectivity index is 0.905. The molecule has 3 aliphatic rings. The Morgan fingerprint density at radius 1 is 0.258 bits per heavy atom. The minimum Gasteiger partial charge on any atom is -0.310 e. The summed E-state index contributed by atoms with van der Waals surface area (Å²) in [6.07, 6.45) is 3.68. The van der Waals surface area contributed by atoms with E-state index in [1.54, 1.807) is 24.3 Å². The van der Waals surface area contributed by atoms with Gasteiger partial charge in [0.1, 0.15) is 23.3 Å². The van der Waals surface area contributed by atoms with Crippen LogP contribution in [0, 0.1) is 23.3 Å². The van der Waals surface area contributed by atoms with Gasteiger partial charge in [0.2, 0.25) is 0 Å². The van der Waals surface area contributed by atoms with E-state index in [2.05, 4.69) is 253 Å². The number of benzene rings is 14. The van der Waals surface area contributed by atoms with Crippen LogP contribution in [0.15, 0.2) is 341 Å². The number of halogens is 4. The van der Waals surface area contributed by atoms with E-state index in [-0.39, 0.29) is 23.3 Å². The van der Waals surface area contributed by atoms with Crippen molar-refractivity contribution < 1.29 is 17.6 Å². The summed E-state index contributed by atoms with van der Waals surface area (Å²) in [5.74, 6) is -1.36. The molecule has 462 valence electrons. The normalized spacial score (nSPS) is 15.7. The summed E-state index contributed by atoms with van der Waals surface area (Å²) in [6, 6.07) is 110. The molecule has 2 unspecified atom stereocenters. The molecule has 17 rings (SSSR count). The molecule has 2 aliphatic carbocycles. The van der Waals surface area contributed by atoms with E-state index in [1.807, 2.05) is 60.7 Å².